The van der Waals surface area contributed by atoms with Crippen LogP contribution in [0.2, 0.25) is 0 Å². The molecule has 0 amide bonds. The fraction of sp³-hybridized carbons (Fsp3) is 0.467. The van der Waals surface area contributed by atoms with Crippen molar-refractivity contribution in [3.8, 4) is 0 Å². The van der Waals surface area contributed by atoms with E-state index < -0.39 is 0 Å². The molecule has 0 bridgehead atoms. The third-order valence-corrected chi connectivity index (χ3v) is 2.83. The molecule has 1 aromatic carbocycles. The van der Waals surface area contributed by atoms with Crippen LogP contribution in [0.5, 0.6) is 0 Å². The number of hydrogen-bond donors (Lipinski definition) is 0. The summed E-state index contributed by atoms with van der Waals surface area (Å²) in [7, 11) is 0. The molecule has 0 heteroatoms. The number of unbranched alkanes of at least 4 members (excludes halogenated alkanes) is 3. The molecule has 0 saturated carbocycles. The first-order valence-electron chi connectivity index (χ1n) is 5.98. The van der Waals surface area contributed by atoms with E-state index in [1.54, 1.807) is 0 Å². The van der Waals surface area contributed by atoms with Gasteiger partial charge in [-0.05, 0) is 43.4 Å². The van der Waals surface area contributed by atoms with Gasteiger partial charge in [-0.25, -0.2) is 0 Å². The molecule has 0 aliphatic heterocycles. The van der Waals surface area contributed by atoms with E-state index in [9.17, 15) is 0 Å². The number of aryl methyl sites for hydroxylation is 1. The van der Waals surface area contributed by atoms with Gasteiger partial charge in [-0.15, -0.1) is 0 Å². The Labute approximate surface area is 94.0 Å². The lowest BCUT2D eigenvalue weighted by Gasteiger charge is -2.05. The minimum atomic E-state index is 1.22. The van der Waals surface area contributed by atoms with Gasteiger partial charge in [0.2, 0.25) is 0 Å². The van der Waals surface area contributed by atoms with E-state index in [2.05, 4.69) is 51.1 Å². The van der Waals surface area contributed by atoms with Crippen molar-refractivity contribution in [2.75, 3.05) is 0 Å². The maximum Gasteiger partial charge on any atom is -0.0201 e. The van der Waals surface area contributed by atoms with Crippen LogP contribution in [0, 0.1) is 6.92 Å². The summed E-state index contributed by atoms with van der Waals surface area (Å²) in [4.78, 5) is 0. The first kappa shape index (κ1) is 12.0. The Balaban J connectivity index is 2.60. The standard InChI is InChI=1S/C15H22/c1-4-5-6-7-10-13(2)15-12-9-8-11-14(15)3/h8-12H,4-7H2,1-3H3/b13-10+. The smallest absolute Gasteiger partial charge is 0.0201 e. The molecule has 1 aromatic rings. The van der Waals surface area contributed by atoms with E-state index in [0.717, 1.165) is 0 Å². The SMILES string of the molecule is CCCCC/C=C(\C)c1ccccc1C. The second-order valence-electron chi connectivity index (χ2n) is 4.20. The van der Waals surface area contributed by atoms with Gasteiger partial charge in [0.1, 0.15) is 0 Å². The largest absolute Gasteiger partial charge is 0.0810 e. The van der Waals surface area contributed by atoms with Crippen molar-refractivity contribution in [3.63, 3.8) is 0 Å². The molecule has 0 nitrogen and oxygen atoms in total. The highest BCUT2D eigenvalue weighted by molar-refractivity contribution is 5.66. The summed E-state index contributed by atoms with van der Waals surface area (Å²) in [6.45, 7) is 6.64. The van der Waals surface area contributed by atoms with Crippen LogP contribution in [0.25, 0.3) is 5.57 Å². The van der Waals surface area contributed by atoms with Gasteiger partial charge in [0.15, 0.2) is 0 Å². The maximum absolute atomic E-state index is 2.37. The summed E-state index contributed by atoms with van der Waals surface area (Å²) in [6.07, 6.45) is 7.56. The summed E-state index contributed by atoms with van der Waals surface area (Å²) in [5.74, 6) is 0. The van der Waals surface area contributed by atoms with Gasteiger partial charge in [-0.1, -0.05) is 50.1 Å². The number of benzene rings is 1. The van der Waals surface area contributed by atoms with E-state index in [4.69, 9.17) is 0 Å². The molecule has 1 rings (SSSR count). The predicted octanol–water partition coefficient (Wildman–Crippen LogP) is 4.98. The van der Waals surface area contributed by atoms with Crippen molar-refractivity contribution in [2.45, 2.75) is 46.5 Å². The molecule has 0 aromatic heterocycles. The minimum absolute atomic E-state index is 1.22. The molecule has 0 aliphatic carbocycles. The van der Waals surface area contributed by atoms with E-state index >= 15 is 0 Å². The Kier molecular flexibility index (Phi) is 5.17. The van der Waals surface area contributed by atoms with Crippen molar-refractivity contribution >= 4 is 5.57 Å². The average molecular weight is 202 g/mol. The summed E-state index contributed by atoms with van der Waals surface area (Å²) in [5, 5.41) is 0. The highest BCUT2D eigenvalue weighted by Gasteiger charge is 1.97. The highest BCUT2D eigenvalue weighted by atomic mass is 14.0. The zero-order valence-corrected chi connectivity index (χ0v) is 10.2. The molecule has 0 spiro atoms. The predicted molar refractivity (Wildman–Crippen MR) is 69.0 cm³/mol. The van der Waals surface area contributed by atoms with E-state index in [0.29, 0.717) is 0 Å². The molecule has 0 unspecified atom stereocenters. The molecule has 15 heavy (non-hydrogen) atoms. The Bertz CT molecular complexity index is 321. The number of hydrogen-bond acceptors (Lipinski definition) is 0. The second-order valence-corrected chi connectivity index (χ2v) is 4.20. The summed E-state index contributed by atoms with van der Waals surface area (Å²) < 4.78 is 0. The molecule has 0 radical (unpaired) electrons. The van der Waals surface area contributed by atoms with Crippen molar-refractivity contribution in [1.82, 2.24) is 0 Å². The fourth-order valence-corrected chi connectivity index (χ4v) is 1.84. The number of allylic oxidation sites excluding steroid dienone is 2. The quantitative estimate of drug-likeness (QED) is 0.591. The molecule has 0 fully saturated rings. The Morgan fingerprint density at radius 1 is 1.20 bits per heavy atom. The van der Waals surface area contributed by atoms with Crippen molar-refractivity contribution in [1.29, 1.82) is 0 Å². The van der Waals surface area contributed by atoms with Gasteiger partial charge in [-0.2, -0.15) is 0 Å². The lowest BCUT2D eigenvalue weighted by molar-refractivity contribution is 0.729. The van der Waals surface area contributed by atoms with Crippen molar-refractivity contribution in [3.05, 3.63) is 41.5 Å². The second kappa shape index (κ2) is 6.44. The Morgan fingerprint density at radius 3 is 2.60 bits per heavy atom. The van der Waals surface area contributed by atoms with Gasteiger partial charge in [0.05, 0.1) is 0 Å². The van der Waals surface area contributed by atoms with Gasteiger partial charge >= 0.3 is 0 Å². The van der Waals surface area contributed by atoms with Crippen LogP contribution in [0.15, 0.2) is 30.3 Å². The van der Waals surface area contributed by atoms with Gasteiger partial charge < -0.3 is 0 Å². The Hall–Kier alpha value is -1.04. The molecule has 0 aliphatic rings. The van der Waals surface area contributed by atoms with Crippen LogP contribution < -0.4 is 0 Å². The highest BCUT2D eigenvalue weighted by Crippen LogP contribution is 2.18. The van der Waals surface area contributed by atoms with Crippen molar-refractivity contribution in [2.24, 2.45) is 0 Å². The van der Waals surface area contributed by atoms with Gasteiger partial charge in [-0.3, -0.25) is 0 Å². The molecule has 0 heterocycles. The van der Waals surface area contributed by atoms with E-state index in [1.807, 2.05) is 0 Å². The van der Waals surface area contributed by atoms with Gasteiger partial charge in [0, 0.05) is 0 Å². The van der Waals surface area contributed by atoms with E-state index in [-0.39, 0.29) is 0 Å². The normalized spacial score (nSPS) is 11.8. The summed E-state index contributed by atoms with van der Waals surface area (Å²) in [5.41, 5.74) is 4.19. The first-order chi connectivity index (χ1) is 7.25. The third-order valence-electron chi connectivity index (χ3n) is 2.83. The lowest BCUT2D eigenvalue weighted by atomic mass is 10.0. The number of rotatable bonds is 5. The van der Waals surface area contributed by atoms with Crippen LogP contribution in [0.4, 0.5) is 0 Å². The summed E-state index contributed by atoms with van der Waals surface area (Å²) >= 11 is 0. The monoisotopic (exact) mass is 202 g/mol. The molecular weight excluding hydrogens is 180 g/mol. The van der Waals surface area contributed by atoms with Crippen LogP contribution in [0.1, 0.15) is 50.7 Å². The van der Waals surface area contributed by atoms with Gasteiger partial charge in [0.25, 0.3) is 0 Å². The zero-order valence-electron chi connectivity index (χ0n) is 10.2. The molecular formula is C15H22. The maximum atomic E-state index is 2.37. The molecule has 0 N–H and O–H groups in total. The van der Waals surface area contributed by atoms with Crippen LogP contribution >= 0.6 is 0 Å². The van der Waals surface area contributed by atoms with E-state index in [1.165, 1.54) is 42.4 Å². The lowest BCUT2D eigenvalue weighted by Crippen LogP contribution is -1.84. The minimum Gasteiger partial charge on any atom is -0.0810 e. The Morgan fingerprint density at radius 2 is 1.93 bits per heavy atom. The van der Waals surface area contributed by atoms with Crippen LogP contribution in [-0.4, -0.2) is 0 Å². The van der Waals surface area contributed by atoms with Crippen LogP contribution in [-0.2, 0) is 0 Å². The zero-order chi connectivity index (χ0) is 11.1. The van der Waals surface area contributed by atoms with Crippen LogP contribution in [0.3, 0.4) is 0 Å². The molecule has 0 saturated heterocycles. The molecule has 0 atom stereocenters. The van der Waals surface area contributed by atoms with Crippen molar-refractivity contribution < 1.29 is 0 Å². The topological polar surface area (TPSA) is 0 Å². The summed E-state index contributed by atoms with van der Waals surface area (Å²) in [6, 6.07) is 8.61. The fourth-order valence-electron chi connectivity index (χ4n) is 1.84. The molecule has 82 valence electrons. The first-order valence-corrected chi connectivity index (χ1v) is 5.98. The third kappa shape index (κ3) is 3.91. The average Bonchev–Trinajstić information content (AvgIpc) is 2.25.